The van der Waals surface area contributed by atoms with Crippen LogP contribution in [0, 0.1) is 5.92 Å². The van der Waals surface area contributed by atoms with Gasteiger partial charge in [0.25, 0.3) is 0 Å². The van der Waals surface area contributed by atoms with Crippen molar-refractivity contribution in [1.29, 1.82) is 0 Å². The number of nitrogens with zero attached hydrogens (tertiary/aromatic N) is 1. The highest BCUT2D eigenvalue weighted by Crippen LogP contribution is 2.22. The van der Waals surface area contributed by atoms with Crippen molar-refractivity contribution in [2.24, 2.45) is 5.92 Å². The van der Waals surface area contributed by atoms with Crippen LogP contribution in [0.15, 0.2) is 54.6 Å². The van der Waals surface area contributed by atoms with Crippen LogP contribution >= 0.6 is 0 Å². The number of urea groups is 1. The lowest BCUT2D eigenvalue weighted by atomic mass is 10.1. The number of carbonyl (C=O) groups is 2. The van der Waals surface area contributed by atoms with Crippen LogP contribution in [0.2, 0.25) is 0 Å². The molecular weight excluding hydrogens is 478 g/mol. The second-order valence-electron chi connectivity index (χ2n) is 11.4. The van der Waals surface area contributed by atoms with Crippen LogP contribution in [0.4, 0.5) is 4.79 Å². The van der Waals surface area contributed by atoms with Gasteiger partial charge in [-0.05, 0) is 42.0 Å². The molecule has 0 aliphatic carbocycles. The van der Waals surface area contributed by atoms with Gasteiger partial charge in [-0.3, -0.25) is 4.79 Å². The van der Waals surface area contributed by atoms with Gasteiger partial charge in [0.05, 0.1) is 53.4 Å². The topological polar surface area (TPSA) is 76.7 Å². The first-order valence-corrected chi connectivity index (χ1v) is 13.9. The van der Waals surface area contributed by atoms with E-state index < -0.39 is 0 Å². The lowest BCUT2D eigenvalue weighted by molar-refractivity contribution is -0.871. The number of rotatable bonds is 17. The summed E-state index contributed by atoms with van der Waals surface area (Å²) in [5.74, 6) is 0.916. The fourth-order valence-electron chi connectivity index (χ4n) is 4.10. The fourth-order valence-corrected chi connectivity index (χ4v) is 4.10. The van der Waals surface area contributed by atoms with Gasteiger partial charge in [0.15, 0.2) is 0 Å². The number of quaternary nitrogens is 1. The molecule has 0 fully saturated rings. The Morgan fingerprint density at radius 1 is 0.842 bits per heavy atom. The van der Waals surface area contributed by atoms with Crippen molar-refractivity contribution in [2.75, 3.05) is 47.4 Å². The van der Waals surface area contributed by atoms with Crippen molar-refractivity contribution in [1.82, 2.24) is 10.6 Å². The average molecular weight is 527 g/mol. The summed E-state index contributed by atoms with van der Waals surface area (Å²) in [4.78, 5) is 24.6. The van der Waals surface area contributed by atoms with Gasteiger partial charge in [-0.1, -0.05) is 75.6 Å². The van der Waals surface area contributed by atoms with Gasteiger partial charge in [0.1, 0.15) is 5.75 Å². The van der Waals surface area contributed by atoms with Crippen LogP contribution in [-0.2, 0) is 9.53 Å². The summed E-state index contributed by atoms with van der Waals surface area (Å²) in [6, 6.07) is 18.1. The summed E-state index contributed by atoms with van der Waals surface area (Å²) < 4.78 is 11.8. The van der Waals surface area contributed by atoms with E-state index in [9.17, 15) is 9.59 Å². The largest absolute Gasteiger partial charge is 0.494 e. The highest BCUT2D eigenvalue weighted by atomic mass is 16.5. The van der Waals surface area contributed by atoms with E-state index in [4.69, 9.17) is 9.47 Å². The molecule has 7 nitrogen and oxygen atoms in total. The predicted molar refractivity (Wildman–Crippen MR) is 154 cm³/mol. The Kier molecular flexibility index (Phi) is 13.7. The van der Waals surface area contributed by atoms with E-state index in [2.05, 4.69) is 34.9 Å². The third kappa shape index (κ3) is 14.0. The molecule has 2 aromatic rings. The summed E-state index contributed by atoms with van der Waals surface area (Å²) in [7, 11) is 6.12. The van der Waals surface area contributed by atoms with Crippen LogP contribution in [-0.4, -0.2) is 70.0 Å². The molecule has 1 atom stereocenters. The van der Waals surface area contributed by atoms with Crippen molar-refractivity contribution in [2.45, 2.75) is 58.4 Å². The van der Waals surface area contributed by atoms with E-state index in [1.807, 2.05) is 65.3 Å². The highest BCUT2D eigenvalue weighted by molar-refractivity contribution is 5.76. The number of esters is 1. The minimum atomic E-state index is -0.274. The number of unbranched alkanes of at least 4 members (excludes halogenated alkanes) is 4. The maximum atomic E-state index is 12.4. The molecule has 0 radical (unpaired) electrons. The summed E-state index contributed by atoms with van der Waals surface area (Å²) >= 11 is 0. The van der Waals surface area contributed by atoms with Crippen LogP contribution in [0.5, 0.6) is 5.75 Å². The van der Waals surface area contributed by atoms with E-state index in [0.717, 1.165) is 37.9 Å². The first-order valence-electron chi connectivity index (χ1n) is 13.9. The van der Waals surface area contributed by atoms with Gasteiger partial charge < -0.3 is 24.6 Å². The smallest absolute Gasteiger partial charge is 0.315 e. The number of hydrogen-bond acceptors (Lipinski definition) is 4. The molecule has 0 aliphatic heterocycles. The summed E-state index contributed by atoms with van der Waals surface area (Å²) in [6.07, 6.45) is 5.36. The molecule has 0 bridgehead atoms. The molecule has 2 aromatic carbocycles. The molecular formula is C31H48N3O4+. The zero-order valence-electron chi connectivity index (χ0n) is 24.0. The number of ether oxygens (including phenoxy) is 2. The SMILES string of the molecule is CC(C)COC(=O)CC(C[N+](C)(C)C)NC(=O)NCCCCCCCOc1ccc(-c2ccccc2)cc1. The number of carbonyl (C=O) groups excluding carboxylic acids is 2. The predicted octanol–water partition coefficient (Wildman–Crippen LogP) is 5.65. The van der Waals surface area contributed by atoms with Crippen molar-refractivity contribution in [3.8, 4) is 16.9 Å². The standard InChI is InChI=1S/C31H47N3O4/c1-25(2)24-38-30(35)22-28(23-34(3,4)5)33-31(36)32-20-12-7-6-8-13-21-37-29-18-16-27(17-19-29)26-14-10-9-11-15-26/h9-11,14-19,25,28H,6-8,12-13,20-24H2,1-5H3,(H-,32,33,36)/p+1. The third-order valence-electron chi connectivity index (χ3n) is 5.93. The maximum absolute atomic E-state index is 12.4. The minimum absolute atomic E-state index is 0.175. The molecule has 2 N–H and O–H groups in total. The van der Waals surface area contributed by atoms with Gasteiger partial charge in [-0.2, -0.15) is 0 Å². The summed E-state index contributed by atoms with van der Waals surface area (Å²) in [6.45, 7) is 6.37. The Morgan fingerprint density at radius 2 is 1.47 bits per heavy atom. The molecule has 0 heterocycles. The van der Waals surface area contributed by atoms with Gasteiger partial charge in [-0.15, -0.1) is 0 Å². The Labute approximate surface area is 229 Å². The van der Waals surface area contributed by atoms with Crippen molar-refractivity contribution in [3.05, 3.63) is 54.6 Å². The zero-order valence-corrected chi connectivity index (χ0v) is 24.0. The van der Waals surface area contributed by atoms with Crippen molar-refractivity contribution < 1.29 is 23.5 Å². The molecule has 2 rings (SSSR count). The van der Waals surface area contributed by atoms with E-state index in [-0.39, 0.29) is 30.4 Å². The number of benzene rings is 2. The molecule has 0 spiro atoms. The molecule has 7 heteroatoms. The quantitative estimate of drug-likeness (QED) is 0.159. The molecule has 0 aliphatic rings. The lowest BCUT2D eigenvalue weighted by Crippen LogP contribution is -2.52. The highest BCUT2D eigenvalue weighted by Gasteiger charge is 2.23. The Bertz CT molecular complexity index is 940. The van der Waals surface area contributed by atoms with Crippen LogP contribution in [0.3, 0.4) is 0 Å². The van der Waals surface area contributed by atoms with Crippen LogP contribution in [0.25, 0.3) is 11.1 Å². The molecule has 0 aromatic heterocycles. The second-order valence-corrected chi connectivity index (χ2v) is 11.4. The Hall–Kier alpha value is -3.06. The van der Waals surface area contributed by atoms with Gasteiger partial charge in [0.2, 0.25) is 0 Å². The number of amides is 2. The van der Waals surface area contributed by atoms with E-state index in [1.165, 1.54) is 11.1 Å². The monoisotopic (exact) mass is 526 g/mol. The van der Waals surface area contributed by atoms with Crippen molar-refractivity contribution >= 4 is 12.0 Å². The van der Waals surface area contributed by atoms with Gasteiger partial charge in [0, 0.05) is 6.54 Å². The zero-order chi connectivity index (χ0) is 27.8. The molecule has 210 valence electrons. The molecule has 0 saturated carbocycles. The average Bonchev–Trinajstić information content (AvgIpc) is 2.86. The van der Waals surface area contributed by atoms with Crippen LogP contribution < -0.4 is 15.4 Å². The molecule has 0 saturated heterocycles. The third-order valence-corrected chi connectivity index (χ3v) is 5.93. The minimum Gasteiger partial charge on any atom is -0.494 e. The Morgan fingerprint density at radius 3 is 2.13 bits per heavy atom. The van der Waals surface area contributed by atoms with E-state index >= 15 is 0 Å². The van der Waals surface area contributed by atoms with E-state index in [0.29, 0.717) is 30.8 Å². The van der Waals surface area contributed by atoms with E-state index in [1.54, 1.807) is 0 Å². The maximum Gasteiger partial charge on any atom is 0.315 e. The first kappa shape index (κ1) is 31.2. The summed E-state index contributed by atoms with van der Waals surface area (Å²) in [5.41, 5.74) is 2.39. The van der Waals surface area contributed by atoms with Crippen molar-refractivity contribution in [3.63, 3.8) is 0 Å². The lowest BCUT2D eigenvalue weighted by Gasteiger charge is -2.29. The number of likely N-dealkylation sites (N-methyl/N-ethyl adjacent to an activating group) is 1. The molecule has 38 heavy (non-hydrogen) atoms. The molecule has 2 amide bonds. The van der Waals surface area contributed by atoms with Gasteiger partial charge in [-0.25, -0.2) is 4.79 Å². The summed E-state index contributed by atoms with van der Waals surface area (Å²) in [5, 5.41) is 5.88. The Balaban J connectivity index is 1.55. The number of hydrogen-bond donors (Lipinski definition) is 2. The molecule has 1 unspecified atom stereocenters. The normalized spacial score (nSPS) is 12.2. The number of nitrogens with one attached hydrogen (secondary N) is 2. The van der Waals surface area contributed by atoms with Gasteiger partial charge >= 0.3 is 12.0 Å². The first-order chi connectivity index (χ1) is 18.1. The van der Waals surface area contributed by atoms with Crippen LogP contribution in [0.1, 0.15) is 52.4 Å². The second kappa shape index (κ2) is 16.7. The fraction of sp³-hybridized carbons (Fsp3) is 0.548.